The molecule has 2 heteroatoms. The standard InChI is InChI=1S/C18H27NO/c1-4-5-9-19-10-8-18(3)13(2)17(19)11-14-6-7-15(20)12-16(14)18/h6-7,12-13,17,20H,4-5,8-11H2,1-3H3/t13-,17+,18-/m0/s1. The van der Waals surface area contributed by atoms with Crippen molar-refractivity contribution in [2.75, 3.05) is 13.1 Å². The molecule has 0 radical (unpaired) electrons. The zero-order valence-corrected chi connectivity index (χ0v) is 13.0. The number of phenols is 1. The van der Waals surface area contributed by atoms with Crippen molar-refractivity contribution < 1.29 is 5.11 Å². The van der Waals surface area contributed by atoms with Crippen LogP contribution in [-0.2, 0) is 11.8 Å². The Morgan fingerprint density at radius 2 is 2.20 bits per heavy atom. The van der Waals surface area contributed by atoms with Crippen molar-refractivity contribution >= 4 is 0 Å². The number of fused-ring (bicyclic) bond motifs is 4. The smallest absolute Gasteiger partial charge is 0.115 e. The second kappa shape index (κ2) is 5.07. The molecule has 2 nitrogen and oxygen atoms in total. The van der Waals surface area contributed by atoms with E-state index in [4.69, 9.17) is 0 Å². The lowest BCUT2D eigenvalue weighted by Gasteiger charge is -2.54. The highest BCUT2D eigenvalue weighted by Gasteiger charge is 2.48. The Kier molecular flexibility index (Phi) is 3.53. The highest BCUT2D eigenvalue weighted by molar-refractivity contribution is 5.44. The van der Waals surface area contributed by atoms with Crippen molar-refractivity contribution in [1.29, 1.82) is 0 Å². The van der Waals surface area contributed by atoms with Crippen molar-refractivity contribution in [3.8, 4) is 5.75 Å². The largest absolute Gasteiger partial charge is 0.508 e. The first-order chi connectivity index (χ1) is 9.56. The molecule has 1 saturated heterocycles. The quantitative estimate of drug-likeness (QED) is 0.907. The summed E-state index contributed by atoms with van der Waals surface area (Å²) >= 11 is 0. The third-order valence-electron chi connectivity index (χ3n) is 5.91. The first kappa shape index (κ1) is 13.9. The van der Waals surface area contributed by atoms with E-state index in [1.54, 1.807) is 0 Å². The van der Waals surface area contributed by atoms with Gasteiger partial charge in [-0.3, -0.25) is 4.90 Å². The Morgan fingerprint density at radius 1 is 1.40 bits per heavy atom. The normalized spacial score (nSPS) is 33.0. The topological polar surface area (TPSA) is 23.5 Å². The van der Waals surface area contributed by atoms with E-state index in [-0.39, 0.29) is 5.41 Å². The summed E-state index contributed by atoms with van der Waals surface area (Å²) in [5, 5.41) is 9.84. The Hall–Kier alpha value is -1.02. The molecule has 0 amide bonds. The van der Waals surface area contributed by atoms with E-state index in [1.807, 2.05) is 12.1 Å². The third kappa shape index (κ3) is 2.05. The van der Waals surface area contributed by atoms with Gasteiger partial charge in [0.05, 0.1) is 0 Å². The number of hydrogen-bond acceptors (Lipinski definition) is 2. The second-order valence-electron chi connectivity index (χ2n) is 6.96. The van der Waals surface area contributed by atoms with Gasteiger partial charge in [0.2, 0.25) is 0 Å². The van der Waals surface area contributed by atoms with Crippen LogP contribution in [0.4, 0.5) is 0 Å². The van der Waals surface area contributed by atoms with Crippen molar-refractivity contribution in [2.24, 2.45) is 5.92 Å². The lowest BCUT2D eigenvalue weighted by molar-refractivity contribution is 0.0306. The SMILES string of the molecule is CCCCN1CC[C@]2(C)c3cc(O)ccc3C[C@@H]1[C@@H]2C. The van der Waals surface area contributed by atoms with Gasteiger partial charge in [0.25, 0.3) is 0 Å². The van der Waals surface area contributed by atoms with Crippen LogP contribution in [0.1, 0.15) is 51.2 Å². The van der Waals surface area contributed by atoms with Gasteiger partial charge in [-0.1, -0.05) is 33.3 Å². The number of benzene rings is 1. The van der Waals surface area contributed by atoms with Crippen LogP contribution in [0.5, 0.6) is 5.75 Å². The van der Waals surface area contributed by atoms with Crippen LogP contribution in [0.15, 0.2) is 18.2 Å². The Balaban J connectivity index is 1.95. The van der Waals surface area contributed by atoms with Crippen molar-refractivity contribution in [3.63, 3.8) is 0 Å². The molecule has 3 atom stereocenters. The first-order valence-corrected chi connectivity index (χ1v) is 8.12. The highest BCUT2D eigenvalue weighted by Crippen LogP contribution is 2.49. The van der Waals surface area contributed by atoms with Crippen LogP contribution in [-0.4, -0.2) is 29.1 Å². The number of aromatic hydroxyl groups is 1. The summed E-state index contributed by atoms with van der Waals surface area (Å²) in [5.74, 6) is 1.09. The number of piperidine rings is 1. The van der Waals surface area contributed by atoms with Crippen LogP contribution >= 0.6 is 0 Å². The molecule has 20 heavy (non-hydrogen) atoms. The number of hydrogen-bond donors (Lipinski definition) is 1. The van der Waals surface area contributed by atoms with E-state index in [0.717, 1.165) is 6.42 Å². The molecule has 1 aliphatic heterocycles. The zero-order chi connectivity index (χ0) is 14.3. The Labute approximate surface area is 122 Å². The lowest BCUT2D eigenvalue weighted by Crippen LogP contribution is -2.58. The third-order valence-corrected chi connectivity index (χ3v) is 5.91. The minimum atomic E-state index is 0.236. The molecule has 0 spiro atoms. The molecule has 1 N–H and O–H groups in total. The summed E-state index contributed by atoms with van der Waals surface area (Å²) in [6.07, 6.45) is 4.95. The molecule has 1 heterocycles. The van der Waals surface area contributed by atoms with Gasteiger partial charge in [0, 0.05) is 6.04 Å². The van der Waals surface area contributed by atoms with Crippen molar-refractivity contribution in [1.82, 2.24) is 4.90 Å². The van der Waals surface area contributed by atoms with Gasteiger partial charge in [-0.2, -0.15) is 0 Å². The minimum Gasteiger partial charge on any atom is -0.508 e. The average Bonchev–Trinajstić information content (AvgIpc) is 2.43. The van der Waals surface area contributed by atoms with Crippen LogP contribution in [0, 0.1) is 5.92 Å². The molecule has 0 aromatic heterocycles. The van der Waals surface area contributed by atoms with E-state index < -0.39 is 0 Å². The second-order valence-corrected chi connectivity index (χ2v) is 6.96. The molecule has 1 aliphatic carbocycles. The minimum absolute atomic E-state index is 0.236. The highest BCUT2D eigenvalue weighted by atomic mass is 16.3. The van der Waals surface area contributed by atoms with Crippen molar-refractivity contribution in [3.05, 3.63) is 29.3 Å². The monoisotopic (exact) mass is 273 g/mol. The lowest BCUT2D eigenvalue weighted by atomic mass is 9.59. The van der Waals surface area contributed by atoms with E-state index >= 15 is 0 Å². The van der Waals surface area contributed by atoms with Gasteiger partial charge in [0.1, 0.15) is 5.75 Å². The van der Waals surface area contributed by atoms with Gasteiger partial charge in [-0.25, -0.2) is 0 Å². The van der Waals surface area contributed by atoms with Crippen LogP contribution in [0.25, 0.3) is 0 Å². The summed E-state index contributed by atoms with van der Waals surface area (Å²) in [5.41, 5.74) is 3.09. The molecular weight excluding hydrogens is 246 g/mol. The van der Waals surface area contributed by atoms with Gasteiger partial charge < -0.3 is 5.11 Å². The van der Waals surface area contributed by atoms with Gasteiger partial charge in [-0.05, 0) is 66.9 Å². The van der Waals surface area contributed by atoms with Crippen LogP contribution < -0.4 is 0 Å². The molecule has 0 unspecified atom stereocenters. The zero-order valence-electron chi connectivity index (χ0n) is 13.0. The number of phenolic OH excluding ortho intramolecular Hbond substituents is 1. The van der Waals surface area contributed by atoms with Gasteiger partial charge >= 0.3 is 0 Å². The molecule has 1 aromatic rings. The fourth-order valence-corrected chi connectivity index (χ4v) is 4.33. The molecule has 3 rings (SSSR count). The molecule has 2 aliphatic rings. The number of nitrogens with zero attached hydrogens (tertiary/aromatic N) is 1. The van der Waals surface area contributed by atoms with Gasteiger partial charge in [-0.15, -0.1) is 0 Å². The molecule has 2 bridgehead atoms. The molecular formula is C18H27NO. The summed E-state index contributed by atoms with van der Waals surface area (Å²) in [7, 11) is 0. The van der Waals surface area contributed by atoms with E-state index in [1.165, 1.54) is 43.5 Å². The van der Waals surface area contributed by atoms with Crippen LogP contribution in [0.2, 0.25) is 0 Å². The Bertz CT molecular complexity index is 498. The predicted octanol–water partition coefficient (Wildman–Crippen LogP) is 3.72. The summed E-state index contributed by atoms with van der Waals surface area (Å²) in [6.45, 7) is 9.54. The maximum atomic E-state index is 9.84. The average molecular weight is 273 g/mol. The number of unbranched alkanes of at least 4 members (excludes halogenated alkanes) is 1. The summed E-state index contributed by atoms with van der Waals surface area (Å²) in [6, 6.07) is 6.69. The molecule has 1 fully saturated rings. The van der Waals surface area contributed by atoms with E-state index in [0.29, 0.717) is 17.7 Å². The van der Waals surface area contributed by atoms with Crippen molar-refractivity contribution in [2.45, 2.75) is 57.9 Å². The first-order valence-electron chi connectivity index (χ1n) is 8.12. The molecule has 1 aromatic carbocycles. The van der Waals surface area contributed by atoms with Gasteiger partial charge in [0.15, 0.2) is 0 Å². The Morgan fingerprint density at radius 3 is 2.95 bits per heavy atom. The fourth-order valence-electron chi connectivity index (χ4n) is 4.33. The number of rotatable bonds is 3. The fraction of sp³-hybridized carbons (Fsp3) is 0.667. The van der Waals surface area contributed by atoms with E-state index in [9.17, 15) is 5.11 Å². The predicted molar refractivity (Wildman–Crippen MR) is 83.2 cm³/mol. The maximum absolute atomic E-state index is 9.84. The van der Waals surface area contributed by atoms with E-state index in [2.05, 4.69) is 31.7 Å². The molecule has 110 valence electrons. The molecule has 0 saturated carbocycles. The maximum Gasteiger partial charge on any atom is 0.115 e. The van der Waals surface area contributed by atoms with Crippen LogP contribution in [0.3, 0.4) is 0 Å². The number of likely N-dealkylation sites (tertiary alicyclic amines) is 1. The summed E-state index contributed by atoms with van der Waals surface area (Å²) < 4.78 is 0. The summed E-state index contributed by atoms with van der Waals surface area (Å²) in [4.78, 5) is 2.71.